The fourth-order valence-corrected chi connectivity index (χ4v) is 4.20. The van der Waals surface area contributed by atoms with Crippen molar-refractivity contribution in [2.45, 2.75) is 0 Å². The largest absolute Gasteiger partial charge is 0.308 e. The van der Waals surface area contributed by atoms with Gasteiger partial charge in [0, 0.05) is 21.1 Å². The summed E-state index contributed by atoms with van der Waals surface area (Å²) in [4.78, 5) is 2.36. The number of fused-ring (bicyclic) bond motifs is 2. The van der Waals surface area contributed by atoms with Gasteiger partial charge < -0.3 is 4.90 Å². The van der Waals surface area contributed by atoms with Gasteiger partial charge in [-0.25, -0.2) is 0 Å². The van der Waals surface area contributed by atoms with E-state index >= 15 is 0 Å². The maximum atomic E-state index is 3.78. The first-order valence-electron chi connectivity index (χ1n) is 8.00. The third kappa shape index (κ3) is 1.87. The number of anilines is 3. The molecule has 0 aromatic heterocycles. The smallest absolute Gasteiger partial charge is 0.0682 e. The summed E-state index contributed by atoms with van der Waals surface area (Å²) in [6, 6.07) is 30.1. The third-order valence-electron chi connectivity index (χ3n) is 4.64. The summed E-state index contributed by atoms with van der Waals surface area (Å²) in [5.74, 6) is 0. The average Bonchev–Trinajstić information content (AvgIpc) is 2.64. The maximum Gasteiger partial charge on any atom is 0.0682 e. The van der Waals surface area contributed by atoms with E-state index in [1.54, 1.807) is 0 Å². The fraction of sp³-hybridized carbons (Fsp3) is 0. The molecule has 1 nitrogen and oxygen atoms in total. The number of hydrogen-bond donors (Lipinski definition) is 0. The van der Waals surface area contributed by atoms with Crippen molar-refractivity contribution in [2.75, 3.05) is 4.90 Å². The number of nitrogens with zero attached hydrogens (tertiary/aromatic N) is 1. The molecule has 0 N–H and O–H groups in total. The van der Waals surface area contributed by atoms with Crippen LogP contribution in [0.25, 0.3) is 21.9 Å². The molecule has 1 aliphatic rings. The quantitative estimate of drug-likeness (QED) is 0.305. The van der Waals surface area contributed by atoms with E-state index in [0.29, 0.717) is 0 Å². The van der Waals surface area contributed by atoms with Crippen molar-refractivity contribution in [1.29, 1.82) is 0 Å². The molecule has 0 saturated carbocycles. The summed E-state index contributed by atoms with van der Waals surface area (Å²) in [6.45, 7) is 0. The highest BCUT2D eigenvalue weighted by Gasteiger charge is 2.27. The van der Waals surface area contributed by atoms with Crippen molar-refractivity contribution >= 4 is 43.8 Å². The minimum atomic E-state index is 1.11. The average molecular weight is 372 g/mol. The Bertz CT molecular complexity index is 1060. The van der Waals surface area contributed by atoms with Crippen LogP contribution in [0.5, 0.6) is 0 Å². The van der Waals surface area contributed by atoms with Gasteiger partial charge in [0.2, 0.25) is 0 Å². The molecule has 1 aliphatic heterocycles. The predicted octanol–water partition coefficient (Wildman–Crippen LogP) is 7.05. The summed E-state index contributed by atoms with van der Waals surface area (Å²) in [5, 5.41) is 2.59. The number of para-hydroxylation sites is 2. The molecule has 0 fully saturated rings. The van der Waals surface area contributed by atoms with Crippen LogP contribution in [0.2, 0.25) is 0 Å². The SMILES string of the molecule is Brc1cccc2c1N(c1ccccc1)c1cccc3cccc-2c13. The van der Waals surface area contributed by atoms with Crippen molar-refractivity contribution in [1.82, 2.24) is 0 Å². The Morgan fingerprint density at radius 3 is 2.17 bits per heavy atom. The molecular weight excluding hydrogens is 358 g/mol. The van der Waals surface area contributed by atoms with Gasteiger partial charge in [0.05, 0.1) is 11.4 Å². The Morgan fingerprint density at radius 1 is 0.625 bits per heavy atom. The molecule has 0 amide bonds. The zero-order chi connectivity index (χ0) is 16.1. The molecule has 0 saturated heterocycles. The van der Waals surface area contributed by atoms with E-state index in [9.17, 15) is 0 Å². The lowest BCUT2D eigenvalue weighted by Crippen LogP contribution is -2.15. The Labute approximate surface area is 149 Å². The molecule has 0 aliphatic carbocycles. The second kappa shape index (κ2) is 5.22. The fourth-order valence-electron chi connectivity index (χ4n) is 3.66. The van der Waals surface area contributed by atoms with Crippen LogP contribution >= 0.6 is 15.9 Å². The van der Waals surface area contributed by atoms with Gasteiger partial charge in [-0.1, -0.05) is 60.7 Å². The van der Waals surface area contributed by atoms with E-state index in [1.165, 1.54) is 39.0 Å². The van der Waals surface area contributed by atoms with Crippen molar-refractivity contribution in [3.63, 3.8) is 0 Å². The highest BCUT2D eigenvalue weighted by Crippen LogP contribution is 2.52. The summed E-state index contributed by atoms with van der Waals surface area (Å²) >= 11 is 3.78. The van der Waals surface area contributed by atoms with Crippen molar-refractivity contribution in [3.05, 3.63) is 89.4 Å². The summed E-state index contributed by atoms with van der Waals surface area (Å²) in [7, 11) is 0. The normalized spacial score (nSPS) is 12.3. The Balaban J connectivity index is 1.97. The molecule has 0 unspecified atom stereocenters. The Hall–Kier alpha value is -2.58. The summed E-state index contributed by atoms with van der Waals surface area (Å²) in [6.07, 6.45) is 0. The van der Waals surface area contributed by atoms with E-state index in [2.05, 4.69) is 106 Å². The highest BCUT2D eigenvalue weighted by molar-refractivity contribution is 9.10. The van der Waals surface area contributed by atoms with E-state index in [1.807, 2.05) is 0 Å². The van der Waals surface area contributed by atoms with E-state index in [4.69, 9.17) is 0 Å². The third-order valence-corrected chi connectivity index (χ3v) is 5.28. The van der Waals surface area contributed by atoms with Crippen molar-refractivity contribution in [2.24, 2.45) is 0 Å². The lowest BCUT2D eigenvalue weighted by Gasteiger charge is -2.34. The van der Waals surface area contributed by atoms with Crippen LogP contribution in [-0.4, -0.2) is 0 Å². The second-order valence-electron chi connectivity index (χ2n) is 5.99. The minimum absolute atomic E-state index is 1.11. The summed E-state index contributed by atoms with van der Waals surface area (Å²) in [5.41, 5.74) is 6.17. The highest BCUT2D eigenvalue weighted by atomic mass is 79.9. The van der Waals surface area contributed by atoms with Gasteiger partial charge in [-0.2, -0.15) is 0 Å². The first-order chi connectivity index (χ1) is 11.8. The minimum Gasteiger partial charge on any atom is -0.308 e. The van der Waals surface area contributed by atoms with Gasteiger partial charge in [-0.3, -0.25) is 0 Å². The molecule has 0 radical (unpaired) electrons. The molecule has 0 atom stereocenters. The molecule has 5 rings (SSSR count). The Morgan fingerprint density at radius 2 is 1.33 bits per heavy atom. The number of halogens is 1. The van der Waals surface area contributed by atoms with Crippen molar-refractivity contribution < 1.29 is 0 Å². The van der Waals surface area contributed by atoms with E-state index < -0.39 is 0 Å². The number of rotatable bonds is 1. The standard InChI is InChI=1S/C22H14BrN/c23-19-13-6-12-18-17-11-4-7-15-8-5-14-20(21(15)17)24(22(18)19)16-9-2-1-3-10-16/h1-14H. The summed E-state index contributed by atoms with van der Waals surface area (Å²) < 4.78 is 1.11. The zero-order valence-corrected chi connectivity index (χ0v) is 14.5. The zero-order valence-electron chi connectivity index (χ0n) is 12.9. The predicted molar refractivity (Wildman–Crippen MR) is 105 cm³/mol. The molecule has 2 heteroatoms. The molecule has 0 bridgehead atoms. The van der Waals surface area contributed by atoms with Gasteiger partial charge in [-0.15, -0.1) is 0 Å². The lowest BCUT2D eigenvalue weighted by molar-refractivity contribution is 1.27. The van der Waals surface area contributed by atoms with E-state index in [-0.39, 0.29) is 0 Å². The molecule has 114 valence electrons. The van der Waals surface area contributed by atoms with Crippen LogP contribution in [0.4, 0.5) is 17.1 Å². The Kier molecular flexibility index (Phi) is 3.00. The molecule has 0 spiro atoms. The van der Waals surface area contributed by atoms with Gasteiger partial charge in [0.25, 0.3) is 0 Å². The lowest BCUT2D eigenvalue weighted by atomic mass is 9.91. The topological polar surface area (TPSA) is 3.24 Å². The van der Waals surface area contributed by atoms with Crippen LogP contribution in [0.15, 0.2) is 89.4 Å². The molecule has 4 aromatic rings. The van der Waals surface area contributed by atoms with Crippen LogP contribution in [0.3, 0.4) is 0 Å². The number of hydrogen-bond acceptors (Lipinski definition) is 1. The molecule has 1 heterocycles. The van der Waals surface area contributed by atoms with Gasteiger partial charge in [0.15, 0.2) is 0 Å². The van der Waals surface area contributed by atoms with Crippen LogP contribution < -0.4 is 4.90 Å². The van der Waals surface area contributed by atoms with Crippen molar-refractivity contribution in [3.8, 4) is 11.1 Å². The molecule has 24 heavy (non-hydrogen) atoms. The van der Waals surface area contributed by atoms with Gasteiger partial charge in [-0.05, 0) is 51.1 Å². The molecule has 4 aromatic carbocycles. The monoisotopic (exact) mass is 371 g/mol. The molecular formula is C22H14BrN. The van der Waals surface area contributed by atoms with Crippen LogP contribution in [-0.2, 0) is 0 Å². The first-order valence-corrected chi connectivity index (χ1v) is 8.80. The van der Waals surface area contributed by atoms with Crippen LogP contribution in [0, 0.1) is 0 Å². The second-order valence-corrected chi connectivity index (χ2v) is 6.84. The first kappa shape index (κ1) is 13.8. The van der Waals surface area contributed by atoms with Gasteiger partial charge in [0.1, 0.15) is 0 Å². The number of benzene rings is 4. The maximum absolute atomic E-state index is 3.78. The van der Waals surface area contributed by atoms with E-state index in [0.717, 1.165) is 4.47 Å². The van der Waals surface area contributed by atoms with Gasteiger partial charge >= 0.3 is 0 Å². The van der Waals surface area contributed by atoms with Crippen LogP contribution in [0.1, 0.15) is 0 Å².